The molecule has 2 aromatic carbocycles. The molecule has 8 nitrogen and oxygen atoms in total. The number of fused-ring (bicyclic) bond motifs is 8. The van der Waals surface area contributed by atoms with Crippen LogP contribution in [0.15, 0.2) is 35.4 Å². The lowest BCUT2D eigenvalue weighted by Gasteiger charge is -2.47. The number of aryl methyl sites for hydroxylation is 2. The van der Waals surface area contributed by atoms with Crippen molar-refractivity contribution in [3.63, 3.8) is 0 Å². The highest BCUT2D eigenvalue weighted by atomic mass is 16.7. The molecule has 2 N–H and O–H groups in total. The molecule has 0 saturated heterocycles. The zero-order valence-corrected chi connectivity index (χ0v) is 33.2. The summed E-state index contributed by atoms with van der Waals surface area (Å²) < 4.78 is 24.0. The number of phenols is 1. The summed E-state index contributed by atoms with van der Waals surface area (Å²) in [6, 6.07) is 3.94. The Morgan fingerprint density at radius 3 is 1.83 bits per heavy atom. The average Bonchev–Trinajstić information content (AvgIpc) is 3.07. The van der Waals surface area contributed by atoms with Crippen molar-refractivity contribution in [1.82, 2.24) is 0 Å². The van der Waals surface area contributed by atoms with Gasteiger partial charge in [-0.15, -0.1) is 0 Å². The number of hydrogen-bond donors (Lipinski definition) is 2. The first-order valence-corrected chi connectivity index (χ1v) is 20.0. The van der Waals surface area contributed by atoms with Crippen LogP contribution >= 0.6 is 0 Å². The molecule has 2 aromatic rings. The number of rotatable bonds is 9. The molecule has 0 aromatic heterocycles. The second-order valence-electron chi connectivity index (χ2n) is 17.0. The Morgan fingerprint density at radius 1 is 0.774 bits per heavy atom. The smallest absolute Gasteiger partial charge is 0.345 e. The number of aromatic hydroxyl groups is 1. The fraction of sp³-hybridized carbons (Fsp3) is 0.600. The molecule has 0 bridgehead atoms. The minimum absolute atomic E-state index is 0.00490. The van der Waals surface area contributed by atoms with Gasteiger partial charge in [0.15, 0.2) is 0 Å². The third-order valence-corrected chi connectivity index (χ3v) is 12.4. The van der Waals surface area contributed by atoms with Gasteiger partial charge in [0, 0.05) is 34.8 Å². The van der Waals surface area contributed by atoms with Crippen LogP contribution in [0.5, 0.6) is 23.0 Å². The topological polar surface area (TPSA) is 112 Å². The molecule has 5 aliphatic rings. The number of hydrogen-bond acceptors (Lipinski definition) is 7. The van der Waals surface area contributed by atoms with Crippen molar-refractivity contribution < 1.29 is 38.7 Å². The number of allylic oxidation sites excluding steroid dienone is 4. The van der Waals surface area contributed by atoms with Crippen molar-refractivity contribution in [2.24, 2.45) is 11.8 Å². The molecule has 4 atom stereocenters. The maximum atomic E-state index is 12.6. The number of cyclic esters (lactones) is 1. The number of carboxylic acids is 1. The summed E-state index contributed by atoms with van der Waals surface area (Å²) in [6.45, 7) is 17.2. The summed E-state index contributed by atoms with van der Waals surface area (Å²) >= 11 is 0. The van der Waals surface area contributed by atoms with Crippen molar-refractivity contribution in [3.05, 3.63) is 68.8 Å². The predicted octanol–water partition coefficient (Wildman–Crippen LogP) is 11.0. The number of aromatic carboxylic acids is 1. The van der Waals surface area contributed by atoms with Crippen molar-refractivity contribution in [3.8, 4) is 23.0 Å². The standard InChI is InChI=1S/C23H30O4.C22H30O4/c1-5-6-7-8-15-12-18-20(21-19(15)22(24)26-13-25-21)16-11-14(2)9-10-17(16)23(3,4)27-18;1-5-6-7-8-14-12-17-19(20(23)18(14)21(24)25)15-11-13(2)9-10-16(15)22(3,4)26-17/h11-12,16-17H,5-10,13H2,1-4H3;11-12,15-16,23H,5-10H2,1-4H3,(H,24,25)/t16-,17-;15-,16-/m11/s1. The number of carboxylic acid groups (broad SMARTS) is 1. The van der Waals surface area contributed by atoms with E-state index in [0.717, 1.165) is 87.5 Å². The molecule has 0 saturated carbocycles. The van der Waals surface area contributed by atoms with Gasteiger partial charge in [-0.1, -0.05) is 62.8 Å². The lowest BCUT2D eigenvalue weighted by atomic mass is 9.67. The fourth-order valence-corrected chi connectivity index (χ4v) is 9.56. The zero-order valence-electron chi connectivity index (χ0n) is 33.2. The highest BCUT2D eigenvalue weighted by Gasteiger charge is 2.48. The summed E-state index contributed by atoms with van der Waals surface area (Å²) in [5, 5.41) is 20.7. The highest BCUT2D eigenvalue weighted by molar-refractivity contribution is 5.96. The van der Waals surface area contributed by atoms with Crippen LogP contribution in [0.25, 0.3) is 0 Å². The van der Waals surface area contributed by atoms with Crippen molar-refractivity contribution in [2.45, 2.75) is 155 Å². The van der Waals surface area contributed by atoms with Gasteiger partial charge in [-0.05, 0) is 116 Å². The molecule has 0 spiro atoms. The zero-order chi connectivity index (χ0) is 38.2. The third kappa shape index (κ3) is 7.57. The minimum Gasteiger partial charge on any atom is -0.507 e. The van der Waals surface area contributed by atoms with Gasteiger partial charge < -0.3 is 29.2 Å². The summed E-state index contributed by atoms with van der Waals surface area (Å²) in [6.07, 6.45) is 16.6. The normalized spacial score (nSPS) is 24.3. The van der Waals surface area contributed by atoms with Crippen LogP contribution in [0.1, 0.15) is 174 Å². The molecular formula is C45H60O8. The van der Waals surface area contributed by atoms with Crippen LogP contribution in [0.2, 0.25) is 0 Å². The van der Waals surface area contributed by atoms with Crippen LogP contribution in [0.4, 0.5) is 0 Å². The largest absolute Gasteiger partial charge is 0.507 e. The summed E-state index contributed by atoms with van der Waals surface area (Å²) in [5.74, 6) is 1.65. The Kier molecular flexibility index (Phi) is 11.3. The lowest BCUT2D eigenvalue weighted by molar-refractivity contribution is -0.00376. The molecular weight excluding hydrogens is 668 g/mol. The van der Waals surface area contributed by atoms with E-state index in [4.69, 9.17) is 18.9 Å². The van der Waals surface area contributed by atoms with Crippen molar-refractivity contribution >= 4 is 11.9 Å². The van der Waals surface area contributed by atoms with E-state index in [1.807, 2.05) is 6.07 Å². The Morgan fingerprint density at radius 2 is 1.28 bits per heavy atom. The molecule has 0 unspecified atom stereocenters. The van der Waals surface area contributed by atoms with E-state index in [1.54, 1.807) is 0 Å². The second kappa shape index (κ2) is 15.4. The predicted molar refractivity (Wildman–Crippen MR) is 207 cm³/mol. The molecule has 0 radical (unpaired) electrons. The summed E-state index contributed by atoms with van der Waals surface area (Å²) in [5.41, 5.74) is 6.16. The second-order valence-corrected chi connectivity index (χ2v) is 17.0. The van der Waals surface area contributed by atoms with Crippen molar-refractivity contribution in [1.29, 1.82) is 0 Å². The first-order chi connectivity index (χ1) is 25.2. The van der Waals surface area contributed by atoms with Gasteiger partial charge in [0.25, 0.3) is 0 Å². The lowest BCUT2D eigenvalue weighted by Crippen LogP contribution is -2.45. The van der Waals surface area contributed by atoms with Gasteiger partial charge in [-0.2, -0.15) is 0 Å². The van der Waals surface area contributed by atoms with Crippen LogP contribution in [-0.2, 0) is 17.6 Å². The Labute approximate surface area is 315 Å². The number of carbonyl (C=O) groups is 2. The molecule has 288 valence electrons. The van der Waals surface area contributed by atoms with E-state index in [2.05, 4.69) is 73.6 Å². The number of esters is 1. The first-order valence-electron chi connectivity index (χ1n) is 20.0. The highest BCUT2D eigenvalue weighted by Crippen LogP contribution is 2.56. The third-order valence-electron chi connectivity index (χ3n) is 12.4. The van der Waals surface area contributed by atoms with Crippen LogP contribution < -0.4 is 14.2 Å². The van der Waals surface area contributed by atoms with E-state index < -0.39 is 5.97 Å². The maximum absolute atomic E-state index is 12.6. The molecule has 3 aliphatic heterocycles. The van der Waals surface area contributed by atoms with Crippen LogP contribution in [0.3, 0.4) is 0 Å². The van der Waals surface area contributed by atoms with E-state index in [0.29, 0.717) is 40.5 Å². The van der Waals surface area contributed by atoms with Gasteiger partial charge in [0.2, 0.25) is 6.79 Å². The fourth-order valence-electron chi connectivity index (χ4n) is 9.56. The van der Waals surface area contributed by atoms with Gasteiger partial charge >= 0.3 is 11.9 Å². The molecule has 0 fully saturated rings. The van der Waals surface area contributed by atoms with E-state index in [-0.39, 0.29) is 53.0 Å². The monoisotopic (exact) mass is 728 g/mol. The van der Waals surface area contributed by atoms with Gasteiger partial charge in [0.1, 0.15) is 45.3 Å². The summed E-state index contributed by atoms with van der Waals surface area (Å²) in [7, 11) is 0. The molecule has 3 heterocycles. The number of benzene rings is 2. The van der Waals surface area contributed by atoms with Crippen LogP contribution in [-0.4, -0.2) is 40.1 Å². The van der Waals surface area contributed by atoms with Crippen molar-refractivity contribution in [2.75, 3.05) is 6.79 Å². The molecule has 53 heavy (non-hydrogen) atoms. The summed E-state index contributed by atoms with van der Waals surface area (Å²) in [4.78, 5) is 24.5. The van der Waals surface area contributed by atoms with Gasteiger partial charge in [0.05, 0.1) is 0 Å². The molecule has 7 rings (SSSR count). The van der Waals surface area contributed by atoms with E-state index >= 15 is 0 Å². The SMILES string of the molecule is CCCCCc1cc2c(c(O)c1C(=O)O)[C@@H]1C=C(C)CC[C@H]1C(C)(C)O2.CCCCCc1cc2c(c3c1C(=O)OCO3)[C@@H]1C=C(C)CC[C@H]1C(C)(C)O2. The van der Waals surface area contributed by atoms with Gasteiger partial charge in [-0.25, -0.2) is 9.59 Å². The molecule has 8 heteroatoms. The Hall–Kier alpha value is -3.94. The first kappa shape index (κ1) is 38.8. The Balaban J connectivity index is 0.000000182. The average molecular weight is 729 g/mol. The number of carbonyl (C=O) groups excluding carboxylic acids is 1. The van der Waals surface area contributed by atoms with E-state index in [9.17, 15) is 19.8 Å². The van der Waals surface area contributed by atoms with Crippen LogP contribution in [0, 0.1) is 11.8 Å². The molecule has 0 amide bonds. The van der Waals surface area contributed by atoms with Gasteiger partial charge in [-0.3, -0.25) is 0 Å². The number of ether oxygens (including phenoxy) is 4. The van der Waals surface area contributed by atoms with E-state index in [1.165, 1.54) is 11.1 Å². The molecule has 2 aliphatic carbocycles. The maximum Gasteiger partial charge on any atom is 0.345 e. The number of unbranched alkanes of at least 4 members (excludes halogenated alkanes) is 4. The Bertz CT molecular complexity index is 1800. The minimum atomic E-state index is -1.06. The quantitative estimate of drug-likeness (QED) is 0.149.